The number of amides is 1. The number of anilines is 2. The van der Waals surface area contributed by atoms with E-state index in [1.807, 2.05) is 6.92 Å². The molecule has 0 heterocycles. The molecule has 1 unspecified atom stereocenters. The van der Waals surface area contributed by atoms with Crippen LogP contribution in [0.2, 0.25) is 0 Å². The lowest BCUT2D eigenvalue weighted by molar-refractivity contribution is -0.384. The predicted molar refractivity (Wildman–Crippen MR) is 89.7 cm³/mol. The van der Waals surface area contributed by atoms with Crippen molar-refractivity contribution in [2.45, 2.75) is 38.6 Å². The van der Waals surface area contributed by atoms with Crippen LogP contribution >= 0.6 is 0 Å². The van der Waals surface area contributed by atoms with Gasteiger partial charge in [0.15, 0.2) is 0 Å². The molecular weight excluding hydrogens is 316 g/mol. The molecule has 24 heavy (non-hydrogen) atoms. The Kier molecular flexibility index (Phi) is 7.63. The van der Waals surface area contributed by atoms with Crippen molar-refractivity contribution in [3.05, 3.63) is 28.3 Å². The molecule has 1 atom stereocenters. The van der Waals surface area contributed by atoms with Crippen LogP contribution in [-0.2, 0) is 9.59 Å². The number of nitrogens with zero attached hydrogens (tertiary/aromatic N) is 1. The highest BCUT2D eigenvalue weighted by Crippen LogP contribution is 2.24. The summed E-state index contributed by atoms with van der Waals surface area (Å²) in [6, 6.07) is 2.64. The molecule has 0 aliphatic carbocycles. The van der Waals surface area contributed by atoms with Crippen LogP contribution in [-0.4, -0.2) is 34.5 Å². The summed E-state index contributed by atoms with van der Waals surface area (Å²) < 4.78 is 0. The van der Waals surface area contributed by atoms with Crippen molar-refractivity contribution in [3.63, 3.8) is 0 Å². The first-order valence-electron chi connectivity index (χ1n) is 7.65. The first kappa shape index (κ1) is 19.4. The summed E-state index contributed by atoms with van der Waals surface area (Å²) in [7, 11) is 0. The average molecular weight is 338 g/mol. The zero-order chi connectivity index (χ0) is 18.1. The number of nitrogen functional groups attached to an aromatic ring is 1. The van der Waals surface area contributed by atoms with Crippen molar-refractivity contribution in [1.82, 2.24) is 5.32 Å². The molecule has 0 spiro atoms. The number of nitrogens with one attached hydrogen (secondary N) is 2. The number of carboxylic acid groups (broad SMARTS) is 1. The second-order valence-corrected chi connectivity index (χ2v) is 5.33. The van der Waals surface area contributed by atoms with E-state index in [0.717, 1.165) is 25.3 Å². The molecule has 1 rings (SSSR count). The van der Waals surface area contributed by atoms with Gasteiger partial charge in [0.2, 0.25) is 5.91 Å². The number of nitrogens with two attached hydrogens (primary N) is 1. The Hall–Kier alpha value is -2.68. The van der Waals surface area contributed by atoms with E-state index >= 15 is 0 Å². The fraction of sp³-hybridized carbons (Fsp3) is 0.467. The van der Waals surface area contributed by atoms with Crippen LogP contribution in [0.3, 0.4) is 0 Å². The van der Waals surface area contributed by atoms with Crippen LogP contribution in [0.15, 0.2) is 18.2 Å². The molecule has 1 aromatic rings. The summed E-state index contributed by atoms with van der Waals surface area (Å²) in [5.41, 5.74) is 5.71. The van der Waals surface area contributed by atoms with Gasteiger partial charge in [0.1, 0.15) is 6.04 Å². The number of carbonyl (C=O) groups excluding carboxylic acids is 1. The lowest BCUT2D eigenvalue weighted by atomic mass is 10.1. The van der Waals surface area contributed by atoms with Gasteiger partial charge in [-0.25, -0.2) is 0 Å². The van der Waals surface area contributed by atoms with E-state index in [0.29, 0.717) is 6.54 Å². The molecule has 0 fully saturated rings. The van der Waals surface area contributed by atoms with Crippen molar-refractivity contribution in [2.24, 2.45) is 0 Å². The lowest BCUT2D eigenvalue weighted by Crippen LogP contribution is -2.40. The highest BCUT2D eigenvalue weighted by Gasteiger charge is 2.21. The Labute approximate surface area is 139 Å². The third-order valence-electron chi connectivity index (χ3n) is 3.38. The number of hydrogen-bond donors (Lipinski definition) is 4. The van der Waals surface area contributed by atoms with E-state index in [1.165, 1.54) is 12.1 Å². The first-order chi connectivity index (χ1) is 11.3. The molecule has 0 saturated heterocycles. The normalized spacial score (nSPS) is 11.7. The number of nitro groups is 1. The zero-order valence-corrected chi connectivity index (χ0v) is 13.4. The highest BCUT2D eigenvalue weighted by molar-refractivity contribution is 5.96. The fourth-order valence-electron chi connectivity index (χ4n) is 2.05. The molecule has 9 nitrogen and oxygen atoms in total. The number of aliphatic carboxylic acids is 1. The van der Waals surface area contributed by atoms with Crippen molar-refractivity contribution in [3.8, 4) is 0 Å². The Bertz CT molecular complexity index is 606. The number of benzene rings is 1. The first-order valence-corrected chi connectivity index (χ1v) is 7.65. The number of rotatable bonds is 10. The maximum absolute atomic E-state index is 12.0. The maximum atomic E-state index is 12.0. The van der Waals surface area contributed by atoms with E-state index in [9.17, 15) is 19.7 Å². The van der Waals surface area contributed by atoms with Crippen LogP contribution in [0.5, 0.6) is 0 Å². The summed E-state index contributed by atoms with van der Waals surface area (Å²) in [4.78, 5) is 33.4. The lowest BCUT2D eigenvalue weighted by Gasteiger charge is -2.15. The predicted octanol–water partition coefficient (Wildman–Crippen LogP) is 1.74. The van der Waals surface area contributed by atoms with Gasteiger partial charge in [-0.3, -0.25) is 19.7 Å². The molecule has 0 bridgehead atoms. The number of nitro benzene ring substituents is 1. The van der Waals surface area contributed by atoms with Crippen LogP contribution in [0, 0.1) is 10.1 Å². The Morgan fingerprint density at radius 2 is 2.08 bits per heavy atom. The largest absolute Gasteiger partial charge is 0.480 e. The summed E-state index contributed by atoms with van der Waals surface area (Å²) in [5.74, 6) is -1.72. The number of non-ortho nitro benzene ring substituents is 1. The van der Waals surface area contributed by atoms with E-state index in [4.69, 9.17) is 10.8 Å². The van der Waals surface area contributed by atoms with Gasteiger partial charge >= 0.3 is 5.97 Å². The van der Waals surface area contributed by atoms with E-state index < -0.39 is 22.8 Å². The van der Waals surface area contributed by atoms with Gasteiger partial charge in [-0.15, -0.1) is 0 Å². The Morgan fingerprint density at radius 3 is 2.67 bits per heavy atom. The van der Waals surface area contributed by atoms with Gasteiger partial charge in [-0.2, -0.15) is 0 Å². The zero-order valence-electron chi connectivity index (χ0n) is 13.4. The van der Waals surface area contributed by atoms with E-state index in [1.54, 1.807) is 0 Å². The number of hydrogen-bond acceptors (Lipinski definition) is 6. The fourth-order valence-corrected chi connectivity index (χ4v) is 2.05. The Morgan fingerprint density at radius 1 is 1.38 bits per heavy atom. The number of carboxylic acids is 1. The van der Waals surface area contributed by atoms with Gasteiger partial charge in [0, 0.05) is 12.1 Å². The molecule has 0 radical (unpaired) electrons. The molecule has 1 amide bonds. The smallest absolute Gasteiger partial charge is 0.321 e. The van der Waals surface area contributed by atoms with Crippen molar-refractivity contribution >= 4 is 28.9 Å². The third kappa shape index (κ3) is 6.21. The third-order valence-corrected chi connectivity index (χ3v) is 3.38. The molecular formula is C15H22N4O5. The molecule has 132 valence electrons. The van der Waals surface area contributed by atoms with Crippen LogP contribution in [0.25, 0.3) is 0 Å². The van der Waals surface area contributed by atoms with Gasteiger partial charge in [-0.05, 0) is 19.0 Å². The second-order valence-electron chi connectivity index (χ2n) is 5.33. The Balaban J connectivity index is 2.67. The van der Waals surface area contributed by atoms with Crippen LogP contribution in [0.1, 0.15) is 32.6 Å². The number of unbranched alkanes of at least 4 members (excludes halogenated alkanes) is 2. The standard InChI is InChI=1S/C15H22N4O5/c1-2-3-4-7-17-13(15(21)22)9-14(20)18-12-8-10(19(23)24)5-6-11(12)16/h5-6,8,13,17H,2-4,7,9,16H2,1H3,(H,18,20)(H,21,22). The molecule has 0 aliphatic heterocycles. The van der Waals surface area contributed by atoms with Crippen molar-refractivity contribution in [1.29, 1.82) is 0 Å². The molecule has 0 aromatic heterocycles. The molecule has 5 N–H and O–H groups in total. The van der Waals surface area contributed by atoms with Gasteiger partial charge in [-0.1, -0.05) is 19.8 Å². The minimum absolute atomic E-state index is 0.0873. The SMILES string of the molecule is CCCCCNC(CC(=O)Nc1cc([N+](=O)[O-])ccc1N)C(=O)O. The van der Waals surface area contributed by atoms with Gasteiger partial charge < -0.3 is 21.5 Å². The topological polar surface area (TPSA) is 148 Å². The maximum Gasteiger partial charge on any atom is 0.321 e. The van der Waals surface area contributed by atoms with Gasteiger partial charge in [0.05, 0.1) is 22.7 Å². The summed E-state index contributed by atoms with van der Waals surface area (Å²) in [6.45, 7) is 2.53. The average Bonchev–Trinajstić information content (AvgIpc) is 2.52. The van der Waals surface area contributed by atoms with Crippen LogP contribution < -0.4 is 16.4 Å². The monoisotopic (exact) mass is 338 g/mol. The van der Waals surface area contributed by atoms with E-state index in [2.05, 4.69) is 10.6 Å². The summed E-state index contributed by atoms with van der Waals surface area (Å²) in [5, 5.41) is 25.1. The molecule has 0 aliphatic rings. The van der Waals surface area contributed by atoms with Gasteiger partial charge in [0.25, 0.3) is 5.69 Å². The summed E-state index contributed by atoms with van der Waals surface area (Å²) in [6.07, 6.45) is 2.49. The second kappa shape index (κ2) is 9.46. The molecule has 1 aromatic carbocycles. The van der Waals surface area contributed by atoms with E-state index in [-0.39, 0.29) is 23.5 Å². The van der Waals surface area contributed by atoms with Crippen LogP contribution in [0.4, 0.5) is 17.1 Å². The highest BCUT2D eigenvalue weighted by atomic mass is 16.6. The van der Waals surface area contributed by atoms with Crippen molar-refractivity contribution < 1.29 is 19.6 Å². The number of carbonyl (C=O) groups is 2. The molecule has 0 saturated carbocycles. The summed E-state index contributed by atoms with van der Waals surface area (Å²) >= 11 is 0. The van der Waals surface area contributed by atoms with Crippen molar-refractivity contribution in [2.75, 3.05) is 17.6 Å². The minimum Gasteiger partial charge on any atom is -0.480 e. The minimum atomic E-state index is -1.13. The molecule has 9 heteroatoms. The quantitative estimate of drug-likeness (QED) is 0.220.